The van der Waals surface area contributed by atoms with Crippen molar-refractivity contribution >= 4 is 11.7 Å². The highest BCUT2D eigenvalue weighted by Crippen LogP contribution is 2.30. The van der Waals surface area contributed by atoms with Crippen LogP contribution >= 0.6 is 0 Å². The minimum atomic E-state index is -2.08. The molecule has 1 aromatic rings. The van der Waals surface area contributed by atoms with Gasteiger partial charge in [-0.05, 0) is 6.92 Å². The summed E-state index contributed by atoms with van der Waals surface area (Å²) in [5.74, 6) is -7.76. The summed E-state index contributed by atoms with van der Waals surface area (Å²) in [6, 6.07) is 0. The molecule has 0 aliphatic rings. The van der Waals surface area contributed by atoms with Crippen LogP contribution in [0.15, 0.2) is 0 Å². The standard InChI is InChI=1S/C8H4F3NO4/c1-2-4(9)3(8(13)14)5(10)6(11)7(2)12(15)16/h1H3,(H,13,14). The van der Waals surface area contributed by atoms with E-state index < -0.39 is 45.2 Å². The van der Waals surface area contributed by atoms with Crippen molar-refractivity contribution in [2.24, 2.45) is 0 Å². The van der Waals surface area contributed by atoms with Gasteiger partial charge < -0.3 is 5.11 Å². The van der Waals surface area contributed by atoms with Gasteiger partial charge in [0.25, 0.3) is 0 Å². The molecule has 1 aromatic carbocycles. The summed E-state index contributed by atoms with van der Waals surface area (Å²) in [6.07, 6.45) is 0. The van der Waals surface area contributed by atoms with Crippen LogP contribution in [0.4, 0.5) is 18.9 Å². The van der Waals surface area contributed by atoms with Gasteiger partial charge in [0, 0.05) is 0 Å². The Labute approximate surface area is 86.3 Å². The molecule has 0 atom stereocenters. The Kier molecular flexibility index (Phi) is 2.84. The molecule has 0 heterocycles. The summed E-state index contributed by atoms with van der Waals surface area (Å²) >= 11 is 0. The average molecular weight is 235 g/mol. The maximum absolute atomic E-state index is 13.2. The van der Waals surface area contributed by atoms with E-state index in [2.05, 4.69) is 0 Å². The van der Waals surface area contributed by atoms with Crippen molar-refractivity contribution in [3.05, 3.63) is 38.7 Å². The molecule has 0 bridgehead atoms. The molecule has 0 saturated carbocycles. The number of benzene rings is 1. The van der Waals surface area contributed by atoms with Crippen LogP contribution in [-0.4, -0.2) is 16.0 Å². The van der Waals surface area contributed by atoms with Crippen LogP contribution in [0.5, 0.6) is 0 Å². The highest BCUT2D eigenvalue weighted by molar-refractivity contribution is 5.89. The summed E-state index contributed by atoms with van der Waals surface area (Å²) in [6.45, 7) is 0.794. The van der Waals surface area contributed by atoms with E-state index in [0.29, 0.717) is 0 Å². The van der Waals surface area contributed by atoms with Gasteiger partial charge in [-0.25, -0.2) is 13.6 Å². The lowest BCUT2D eigenvalue weighted by molar-refractivity contribution is -0.388. The van der Waals surface area contributed by atoms with Crippen LogP contribution in [0.25, 0.3) is 0 Å². The van der Waals surface area contributed by atoms with E-state index in [-0.39, 0.29) is 0 Å². The SMILES string of the molecule is Cc1c(F)c(C(=O)O)c(F)c(F)c1[N+](=O)[O-]. The first-order valence-corrected chi connectivity index (χ1v) is 3.83. The second-order valence-electron chi connectivity index (χ2n) is 2.85. The van der Waals surface area contributed by atoms with Gasteiger partial charge in [-0.3, -0.25) is 10.1 Å². The largest absolute Gasteiger partial charge is 0.477 e. The predicted octanol–water partition coefficient (Wildman–Crippen LogP) is 2.02. The molecule has 0 aromatic heterocycles. The summed E-state index contributed by atoms with van der Waals surface area (Å²) in [7, 11) is 0. The number of nitrogens with zero attached hydrogens (tertiary/aromatic N) is 1. The number of rotatable bonds is 2. The normalized spacial score (nSPS) is 10.2. The monoisotopic (exact) mass is 235 g/mol. The van der Waals surface area contributed by atoms with Crippen LogP contribution in [0.2, 0.25) is 0 Å². The number of hydrogen-bond acceptors (Lipinski definition) is 3. The minimum Gasteiger partial charge on any atom is -0.477 e. The lowest BCUT2D eigenvalue weighted by Crippen LogP contribution is -2.11. The smallest absolute Gasteiger partial charge is 0.341 e. The fourth-order valence-electron chi connectivity index (χ4n) is 1.17. The number of aromatic carboxylic acids is 1. The van der Waals surface area contributed by atoms with Crippen LogP contribution < -0.4 is 0 Å². The number of carboxylic acids is 1. The third-order valence-corrected chi connectivity index (χ3v) is 1.92. The Morgan fingerprint density at radius 2 is 1.75 bits per heavy atom. The van der Waals surface area contributed by atoms with E-state index in [4.69, 9.17) is 5.11 Å². The van der Waals surface area contributed by atoms with Crippen LogP contribution in [0.3, 0.4) is 0 Å². The topological polar surface area (TPSA) is 80.4 Å². The van der Waals surface area contributed by atoms with Gasteiger partial charge in [0.2, 0.25) is 5.82 Å². The molecule has 86 valence electrons. The van der Waals surface area contributed by atoms with Crippen molar-refractivity contribution in [3.8, 4) is 0 Å². The maximum Gasteiger partial charge on any atom is 0.341 e. The number of nitro benzene ring substituents is 1. The highest BCUT2D eigenvalue weighted by atomic mass is 19.2. The van der Waals surface area contributed by atoms with Crippen molar-refractivity contribution in [2.75, 3.05) is 0 Å². The second-order valence-corrected chi connectivity index (χ2v) is 2.85. The lowest BCUT2D eigenvalue weighted by atomic mass is 10.1. The van der Waals surface area contributed by atoms with Gasteiger partial charge in [0.15, 0.2) is 11.6 Å². The fraction of sp³-hybridized carbons (Fsp3) is 0.125. The molecule has 0 unspecified atom stereocenters. The highest BCUT2D eigenvalue weighted by Gasteiger charge is 2.32. The maximum atomic E-state index is 13.2. The summed E-state index contributed by atoms with van der Waals surface area (Å²) in [5.41, 5.74) is -3.80. The second kappa shape index (κ2) is 3.80. The van der Waals surface area contributed by atoms with Crippen molar-refractivity contribution < 1.29 is 28.0 Å². The Morgan fingerprint density at radius 1 is 1.25 bits per heavy atom. The molecule has 0 spiro atoms. The number of carboxylic acid groups (broad SMARTS) is 1. The summed E-state index contributed by atoms with van der Waals surface area (Å²) in [4.78, 5) is 19.4. The lowest BCUT2D eigenvalue weighted by Gasteiger charge is -2.05. The quantitative estimate of drug-likeness (QED) is 0.483. The van der Waals surface area contributed by atoms with E-state index in [0.717, 1.165) is 6.92 Å². The van der Waals surface area contributed by atoms with Crippen molar-refractivity contribution in [3.63, 3.8) is 0 Å². The zero-order valence-electron chi connectivity index (χ0n) is 7.75. The Hall–Kier alpha value is -2.12. The molecular formula is C8H4F3NO4. The zero-order chi connectivity index (χ0) is 12.6. The molecule has 0 amide bonds. The molecule has 0 saturated heterocycles. The van der Waals surface area contributed by atoms with Crippen molar-refractivity contribution in [1.82, 2.24) is 0 Å². The van der Waals surface area contributed by atoms with Crippen molar-refractivity contribution in [2.45, 2.75) is 6.92 Å². The summed E-state index contributed by atoms with van der Waals surface area (Å²) < 4.78 is 39.3. The van der Waals surface area contributed by atoms with Crippen LogP contribution in [0, 0.1) is 34.5 Å². The van der Waals surface area contributed by atoms with Gasteiger partial charge in [-0.1, -0.05) is 0 Å². The number of hydrogen-bond donors (Lipinski definition) is 1. The first kappa shape index (κ1) is 12.0. The van der Waals surface area contributed by atoms with E-state index in [9.17, 15) is 28.1 Å². The van der Waals surface area contributed by atoms with Crippen molar-refractivity contribution in [1.29, 1.82) is 0 Å². The Balaban J connectivity index is 3.77. The summed E-state index contributed by atoms with van der Waals surface area (Å²) in [5, 5.41) is 18.7. The predicted molar refractivity (Wildman–Crippen MR) is 44.7 cm³/mol. The average Bonchev–Trinajstić information content (AvgIpc) is 2.14. The Bertz CT molecular complexity index is 427. The van der Waals surface area contributed by atoms with Gasteiger partial charge in [-0.2, -0.15) is 4.39 Å². The molecule has 5 nitrogen and oxygen atoms in total. The minimum absolute atomic E-state index is 0.794. The third-order valence-electron chi connectivity index (χ3n) is 1.92. The first-order chi connectivity index (χ1) is 7.29. The fourth-order valence-corrected chi connectivity index (χ4v) is 1.17. The molecule has 0 aliphatic heterocycles. The molecular weight excluding hydrogens is 231 g/mol. The first-order valence-electron chi connectivity index (χ1n) is 3.83. The zero-order valence-corrected chi connectivity index (χ0v) is 7.75. The molecule has 0 fully saturated rings. The molecule has 1 N–H and O–H groups in total. The van der Waals surface area contributed by atoms with Gasteiger partial charge in [0.05, 0.1) is 10.5 Å². The number of halogens is 3. The van der Waals surface area contributed by atoms with E-state index in [1.165, 1.54) is 0 Å². The Morgan fingerprint density at radius 3 is 2.12 bits per heavy atom. The molecule has 0 radical (unpaired) electrons. The van der Waals surface area contributed by atoms with Gasteiger partial charge in [0.1, 0.15) is 5.56 Å². The van der Waals surface area contributed by atoms with Gasteiger partial charge >= 0.3 is 11.7 Å². The molecule has 0 aliphatic carbocycles. The number of nitro groups is 1. The van der Waals surface area contributed by atoms with E-state index >= 15 is 0 Å². The van der Waals surface area contributed by atoms with Crippen LogP contribution in [0.1, 0.15) is 15.9 Å². The van der Waals surface area contributed by atoms with Crippen LogP contribution in [-0.2, 0) is 0 Å². The molecule has 8 heteroatoms. The molecule has 1 rings (SSSR count). The molecule has 16 heavy (non-hydrogen) atoms. The van der Waals surface area contributed by atoms with E-state index in [1.807, 2.05) is 0 Å². The number of carbonyl (C=O) groups is 1. The van der Waals surface area contributed by atoms with Gasteiger partial charge in [-0.15, -0.1) is 0 Å². The van der Waals surface area contributed by atoms with E-state index in [1.54, 1.807) is 0 Å². The third kappa shape index (κ3) is 1.58.